The smallest absolute Gasteiger partial charge is 0.0685 e. The zero-order valence-electron chi connectivity index (χ0n) is 13.1. The van der Waals surface area contributed by atoms with Crippen molar-refractivity contribution in [1.29, 1.82) is 0 Å². The molecule has 1 saturated heterocycles. The minimum atomic E-state index is 0. The minimum Gasteiger partial charge on any atom is -0.144 e. The second-order valence-corrected chi connectivity index (χ2v) is 10.5. The van der Waals surface area contributed by atoms with Gasteiger partial charge in [0.15, 0.2) is 0 Å². The molecule has 1 aromatic rings. The van der Waals surface area contributed by atoms with E-state index in [9.17, 15) is 0 Å². The highest BCUT2D eigenvalue weighted by molar-refractivity contribution is 8.18. The maximum absolute atomic E-state index is 2.41. The van der Waals surface area contributed by atoms with Crippen LogP contribution in [-0.4, -0.2) is 15.6 Å². The molecule has 1 aromatic carbocycles. The van der Waals surface area contributed by atoms with Crippen molar-refractivity contribution in [2.45, 2.75) is 56.5 Å². The van der Waals surface area contributed by atoms with E-state index < -0.39 is 0 Å². The lowest BCUT2D eigenvalue weighted by Gasteiger charge is -2.49. The Bertz CT molecular complexity index is 624. The van der Waals surface area contributed by atoms with Gasteiger partial charge in [-0.3, -0.25) is 0 Å². The van der Waals surface area contributed by atoms with Crippen LogP contribution in [0.2, 0.25) is 0 Å². The van der Waals surface area contributed by atoms with Crippen LogP contribution in [0.3, 0.4) is 0 Å². The van der Waals surface area contributed by atoms with Gasteiger partial charge < -0.3 is 0 Å². The predicted octanol–water partition coefficient (Wildman–Crippen LogP) is 6.41. The fourth-order valence-corrected chi connectivity index (χ4v) is 9.20. The molecule has 4 aliphatic rings. The molecule has 1 saturated carbocycles. The Morgan fingerprint density at radius 1 is 0.957 bits per heavy atom. The van der Waals surface area contributed by atoms with E-state index in [-0.39, 0.29) is 7.43 Å². The van der Waals surface area contributed by atoms with Gasteiger partial charge in [-0.15, -0.1) is 23.5 Å². The highest BCUT2D eigenvalue weighted by Crippen LogP contribution is 2.64. The Labute approximate surface area is 149 Å². The average molecular weight is 345 g/mol. The summed E-state index contributed by atoms with van der Waals surface area (Å²) in [6.45, 7) is 0. The van der Waals surface area contributed by atoms with Crippen molar-refractivity contribution >= 4 is 29.1 Å². The van der Waals surface area contributed by atoms with Gasteiger partial charge >= 0.3 is 0 Å². The Morgan fingerprint density at radius 2 is 1.78 bits per heavy atom. The molecule has 2 unspecified atom stereocenters. The number of hydrogen-bond donors (Lipinski definition) is 0. The van der Waals surface area contributed by atoms with Crippen molar-refractivity contribution in [3.8, 4) is 0 Å². The van der Waals surface area contributed by atoms with E-state index in [0.29, 0.717) is 4.08 Å². The van der Waals surface area contributed by atoms with Crippen molar-refractivity contribution in [3.63, 3.8) is 0 Å². The summed E-state index contributed by atoms with van der Waals surface area (Å²) in [6.07, 6.45) is 9.81. The SMILES string of the molecule is C.c1ccc2c(c1)CCC1=C2CC2(SCCCS2)C2CCCC12. The predicted molar refractivity (Wildman–Crippen MR) is 106 cm³/mol. The van der Waals surface area contributed by atoms with E-state index >= 15 is 0 Å². The van der Waals surface area contributed by atoms with Gasteiger partial charge in [0.05, 0.1) is 4.08 Å². The molecule has 124 valence electrons. The molecule has 5 rings (SSSR count). The highest BCUT2D eigenvalue weighted by atomic mass is 32.2. The van der Waals surface area contributed by atoms with Crippen molar-refractivity contribution in [3.05, 3.63) is 41.0 Å². The van der Waals surface area contributed by atoms with E-state index in [1.54, 1.807) is 16.7 Å². The molecule has 2 atom stereocenters. The Morgan fingerprint density at radius 3 is 2.65 bits per heavy atom. The highest BCUT2D eigenvalue weighted by Gasteiger charge is 2.52. The number of rotatable bonds is 0. The number of hydrogen-bond acceptors (Lipinski definition) is 2. The largest absolute Gasteiger partial charge is 0.144 e. The van der Waals surface area contributed by atoms with Gasteiger partial charge in [-0.1, -0.05) is 43.7 Å². The monoisotopic (exact) mass is 344 g/mol. The van der Waals surface area contributed by atoms with E-state index in [2.05, 4.69) is 47.8 Å². The topological polar surface area (TPSA) is 0 Å². The first kappa shape index (κ1) is 16.1. The van der Waals surface area contributed by atoms with Crippen LogP contribution in [0, 0.1) is 11.8 Å². The number of benzene rings is 1. The maximum atomic E-state index is 2.41. The first-order valence-corrected chi connectivity index (χ1v) is 10.9. The summed E-state index contributed by atoms with van der Waals surface area (Å²) in [4.78, 5) is 0. The fourth-order valence-electron chi connectivity index (χ4n) is 5.43. The quantitative estimate of drug-likeness (QED) is 0.533. The van der Waals surface area contributed by atoms with Crippen LogP contribution in [0.4, 0.5) is 0 Å². The number of allylic oxidation sites excluding steroid dienone is 2. The van der Waals surface area contributed by atoms with Crippen LogP contribution >= 0.6 is 23.5 Å². The molecule has 2 fully saturated rings. The summed E-state index contributed by atoms with van der Waals surface area (Å²) in [5.74, 6) is 4.66. The van der Waals surface area contributed by atoms with E-state index in [1.807, 2.05) is 5.57 Å². The van der Waals surface area contributed by atoms with Gasteiger partial charge in [0, 0.05) is 0 Å². The van der Waals surface area contributed by atoms with Gasteiger partial charge in [0.2, 0.25) is 0 Å². The Hall–Kier alpha value is -0.340. The summed E-state index contributed by atoms with van der Waals surface area (Å²) < 4.78 is 0.517. The normalized spacial score (nSPS) is 31.1. The van der Waals surface area contributed by atoms with Gasteiger partial charge in [-0.05, 0) is 78.6 Å². The third-order valence-electron chi connectivity index (χ3n) is 6.33. The van der Waals surface area contributed by atoms with Crippen LogP contribution in [0.1, 0.15) is 57.1 Å². The summed E-state index contributed by atoms with van der Waals surface area (Å²) >= 11 is 4.64. The molecule has 0 aromatic heterocycles. The average Bonchev–Trinajstić information content (AvgIpc) is 3.07. The third kappa shape index (κ3) is 2.43. The second kappa shape index (κ2) is 6.19. The zero-order chi connectivity index (χ0) is 14.6. The molecule has 0 N–H and O–H groups in total. The molecule has 0 amide bonds. The van der Waals surface area contributed by atoms with E-state index in [1.165, 1.54) is 56.5 Å². The summed E-state index contributed by atoms with van der Waals surface area (Å²) in [6, 6.07) is 9.26. The van der Waals surface area contributed by atoms with Crippen molar-refractivity contribution < 1.29 is 0 Å². The number of fused-ring (bicyclic) bond motifs is 5. The first-order valence-electron chi connectivity index (χ1n) is 8.95. The first-order chi connectivity index (χ1) is 10.9. The van der Waals surface area contributed by atoms with Crippen molar-refractivity contribution in [1.82, 2.24) is 0 Å². The molecule has 0 nitrogen and oxygen atoms in total. The molecular weight excluding hydrogens is 316 g/mol. The summed E-state index contributed by atoms with van der Waals surface area (Å²) in [5.41, 5.74) is 6.87. The molecule has 23 heavy (non-hydrogen) atoms. The zero-order valence-corrected chi connectivity index (χ0v) is 14.8. The number of aryl methyl sites for hydroxylation is 1. The Balaban J connectivity index is 0.00000135. The van der Waals surface area contributed by atoms with Gasteiger partial charge in [0.25, 0.3) is 0 Å². The van der Waals surface area contributed by atoms with E-state index in [0.717, 1.165) is 11.8 Å². The fraction of sp³-hybridized carbons (Fsp3) is 0.619. The maximum Gasteiger partial charge on any atom is 0.0685 e. The second-order valence-electron chi connectivity index (χ2n) is 7.34. The molecule has 2 heteroatoms. The third-order valence-corrected chi connectivity index (χ3v) is 9.89. The van der Waals surface area contributed by atoms with Gasteiger partial charge in [0.1, 0.15) is 0 Å². The van der Waals surface area contributed by atoms with Crippen LogP contribution in [0.25, 0.3) is 5.57 Å². The summed E-state index contributed by atoms with van der Waals surface area (Å²) in [5, 5.41) is 0. The standard InChI is InChI=1S/C20H24S2.CH4/c1-2-6-15-14(5-1)9-10-16-17-7-3-8-19(17)20(13-18(15)16)21-11-4-12-22-20;/h1-2,5-6,17,19H,3-4,7-13H2;1H4. The van der Waals surface area contributed by atoms with Crippen LogP contribution in [0.5, 0.6) is 0 Å². The molecular formula is C21H28S2. The van der Waals surface area contributed by atoms with Crippen LogP contribution in [-0.2, 0) is 6.42 Å². The van der Waals surface area contributed by atoms with Gasteiger partial charge in [-0.2, -0.15) is 0 Å². The molecule has 1 aliphatic heterocycles. The Kier molecular flexibility index (Phi) is 4.34. The lowest BCUT2D eigenvalue weighted by molar-refractivity contribution is 0.375. The summed E-state index contributed by atoms with van der Waals surface area (Å²) in [7, 11) is 0. The van der Waals surface area contributed by atoms with Crippen molar-refractivity contribution in [2.24, 2.45) is 11.8 Å². The molecule has 1 heterocycles. The lowest BCUT2D eigenvalue weighted by atomic mass is 9.69. The van der Waals surface area contributed by atoms with E-state index in [4.69, 9.17) is 0 Å². The van der Waals surface area contributed by atoms with Crippen molar-refractivity contribution in [2.75, 3.05) is 11.5 Å². The molecule has 3 aliphatic carbocycles. The minimum absolute atomic E-state index is 0. The van der Waals surface area contributed by atoms with Crippen LogP contribution in [0.15, 0.2) is 29.8 Å². The lowest BCUT2D eigenvalue weighted by Crippen LogP contribution is -2.41. The number of thioether (sulfide) groups is 2. The van der Waals surface area contributed by atoms with Gasteiger partial charge in [-0.25, -0.2) is 0 Å². The molecule has 0 bridgehead atoms. The molecule has 1 spiro atoms. The molecule has 0 radical (unpaired) electrons. The van der Waals surface area contributed by atoms with Crippen LogP contribution < -0.4 is 0 Å².